The predicted molar refractivity (Wildman–Crippen MR) is 344 cm³/mol. The summed E-state index contributed by atoms with van der Waals surface area (Å²) in [6.45, 7) is 6.55. The molecule has 0 N–H and O–H groups in total. The van der Waals surface area contributed by atoms with Crippen LogP contribution in [0.4, 0.5) is 0 Å². The Bertz CT molecular complexity index is 1450. The third-order valence-corrected chi connectivity index (χ3v) is 15.2. The van der Waals surface area contributed by atoms with Crippen LogP contribution in [0, 0.1) is 0 Å². The molecule has 458 valence electrons. The van der Waals surface area contributed by atoms with Crippen LogP contribution in [0.3, 0.4) is 0 Å². The van der Waals surface area contributed by atoms with E-state index in [1.165, 1.54) is 218 Å². The molecule has 6 nitrogen and oxygen atoms in total. The fraction of sp³-hybridized carbons (Fsp3) is 0.795. The molecule has 0 heterocycles. The Morgan fingerprint density at radius 1 is 0.266 bits per heavy atom. The lowest BCUT2D eigenvalue weighted by Gasteiger charge is -2.18. The lowest BCUT2D eigenvalue weighted by Crippen LogP contribution is -2.30. The minimum absolute atomic E-state index is 0.0730. The normalized spacial score (nSPS) is 12.5. The highest BCUT2D eigenvalue weighted by atomic mass is 16.6. The van der Waals surface area contributed by atoms with Gasteiger partial charge in [0.2, 0.25) is 0 Å². The Balaban J connectivity index is 4.17. The molecule has 79 heavy (non-hydrogen) atoms. The number of rotatable bonds is 63. The SMILES string of the molecule is CC/C=C\C/C=C\C/C=C\C/C=C\C/C=C\CCCCCCCCCCCCCCCCCC(=O)OCC(COC(=O)CCCCCCC/C=C\CCCCC)OC(=O)CCCCCCCCCCCCCCCCCCCC. The quantitative estimate of drug-likeness (QED) is 0.0261. The molecule has 0 saturated heterocycles. The van der Waals surface area contributed by atoms with Gasteiger partial charge in [-0.3, -0.25) is 14.4 Å². The van der Waals surface area contributed by atoms with Crippen molar-refractivity contribution in [1.82, 2.24) is 0 Å². The van der Waals surface area contributed by atoms with E-state index in [9.17, 15) is 14.4 Å². The van der Waals surface area contributed by atoms with Crippen LogP contribution >= 0.6 is 0 Å². The molecular formula is C73H130O6. The summed E-state index contributed by atoms with van der Waals surface area (Å²) >= 11 is 0. The van der Waals surface area contributed by atoms with E-state index in [4.69, 9.17) is 14.2 Å². The Labute approximate surface area is 491 Å². The van der Waals surface area contributed by atoms with Gasteiger partial charge in [0.15, 0.2) is 6.10 Å². The van der Waals surface area contributed by atoms with Gasteiger partial charge in [-0.15, -0.1) is 0 Å². The van der Waals surface area contributed by atoms with Gasteiger partial charge in [-0.05, 0) is 89.9 Å². The van der Waals surface area contributed by atoms with E-state index in [-0.39, 0.29) is 31.1 Å². The number of allylic oxidation sites excluding steroid dienone is 12. The Hall–Kier alpha value is -3.15. The fourth-order valence-corrected chi connectivity index (χ4v) is 10.1. The van der Waals surface area contributed by atoms with Crippen molar-refractivity contribution in [3.05, 3.63) is 72.9 Å². The smallest absolute Gasteiger partial charge is 0.306 e. The van der Waals surface area contributed by atoms with Crippen LogP contribution in [-0.2, 0) is 28.6 Å². The van der Waals surface area contributed by atoms with Crippen molar-refractivity contribution in [3.63, 3.8) is 0 Å². The van der Waals surface area contributed by atoms with E-state index >= 15 is 0 Å². The largest absolute Gasteiger partial charge is 0.462 e. The van der Waals surface area contributed by atoms with Gasteiger partial charge in [0.25, 0.3) is 0 Å². The highest BCUT2D eigenvalue weighted by molar-refractivity contribution is 5.71. The van der Waals surface area contributed by atoms with Crippen molar-refractivity contribution in [2.24, 2.45) is 0 Å². The molecule has 1 unspecified atom stereocenters. The molecule has 0 aromatic carbocycles. The molecule has 6 heteroatoms. The number of unbranched alkanes of at least 4 members (excludes halogenated alkanes) is 40. The van der Waals surface area contributed by atoms with Crippen molar-refractivity contribution in [2.75, 3.05) is 13.2 Å². The van der Waals surface area contributed by atoms with Gasteiger partial charge >= 0.3 is 17.9 Å². The average Bonchev–Trinajstić information content (AvgIpc) is 3.45. The van der Waals surface area contributed by atoms with Crippen molar-refractivity contribution in [2.45, 2.75) is 361 Å². The van der Waals surface area contributed by atoms with Gasteiger partial charge < -0.3 is 14.2 Å². The molecule has 0 fully saturated rings. The summed E-state index contributed by atoms with van der Waals surface area (Å²) in [7, 11) is 0. The molecule has 0 radical (unpaired) electrons. The standard InChI is InChI=1S/C73H130O6/c1-4-7-10-13-16-19-22-25-27-29-31-32-33-34-35-36-37-38-39-40-41-42-43-45-46-48-51-54-57-60-63-66-72(75)78-69-70(68-77-71(74)65-62-59-56-53-50-24-21-18-15-12-9-6-3)79-73(76)67-64-61-58-55-52-49-47-44-30-28-26-23-20-17-14-11-8-5-2/h7,10,16,18-19,21,25,27,31-32,34-35,70H,4-6,8-9,11-15,17,20,22-24,26,28-30,33,36-69H2,1-3H3/b10-7-,19-16-,21-18-,27-25-,32-31-,35-34-. The van der Waals surface area contributed by atoms with E-state index in [0.717, 1.165) is 96.3 Å². The summed E-state index contributed by atoms with van der Waals surface area (Å²) in [4.78, 5) is 38.3. The van der Waals surface area contributed by atoms with Crippen molar-refractivity contribution in [1.29, 1.82) is 0 Å². The highest BCUT2D eigenvalue weighted by Gasteiger charge is 2.19. The number of hydrogen-bond acceptors (Lipinski definition) is 6. The van der Waals surface area contributed by atoms with E-state index in [1.54, 1.807) is 0 Å². The van der Waals surface area contributed by atoms with Gasteiger partial charge in [0.1, 0.15) is 13.2 Å². The molecule has 0 amide bonds. The van der Waals surface area contributed by atoms with Gasteiger partial charge in [-0.1, -0.05) is 318 Å². The maximum Gasteiger partial charge on any atom is 0.306 e. The van der Waals surface area contributed by atoms with Crippen molar-refractivity contribution >= 4 is 17.9 Å². The Morgan fingerprint density at radius 2 is 0.494 bits per heavy atom. The molecule has 0 rings (SSSR count). The van der Waals surface area contributed by atoms with Gasteiger partial charge in [0, 0.05) is 19.3 Å². The van der Waals surface area contributed by atoms with Crippen molar-refractivity contribution in [3.8, 4) is 0 Å². The van der Waals surface area contributed by atoms with E-state index in [0.29, 0.717) is 19.3 Å². The second-order valence-corrected chi connectivity index (χ2v) is 23.1. The topological polar surface area (TPSA) is 78.9 Å². The average molecular weight is 1100 g/mol. The fourth-order valence-electron chi connectivity index (χ4n) is 10.1. The highest BCUT2D eigenvalue weighted by Crippen LogP contribution is 2.18. The predicted octanol–water partition coefficient (Wildman–Crippen LogP) is 23.7. The third-order valence-electron chi connectivity index (χ3n) is 15.2. The zero-order chi connectivity index (χ0) is 57.1. The van der Waals surface area contributed by atoms with E-state index in [2.05, 4.69) is 93.7 Å². The lowest BCUT2D eigenvalue weighted by atomic mass is 10.0. The first-order valence-corrected chi connectivity index (χ1v) is 34.4. The van der Waals surface area contributed by atoms with Crippen molar-refractivity contribution < 1.29 is 28.6 Å². The number of esters is 3. The summed E-state index contributed by atoms with van der Waals surface area (Å²) in [6.07, 6.45) is 87.9. The van der Waals surface area contributed by atoms with E-state index < -0.39 is 6.10 Å². The molecular weight excluding hydrogens is 973 g/mol. The number of carbonyl (C=O) groups excluding carboxylic acids is 3. The third kappa shape index (κ3) is 65.5. The lowest BCUT2D eigenvalue weighted by molar-refractivity contribution is -0.167. The Morgan fingerprint density at radius 3 is 0.810 bits per heavy atom. The van der Waals surface area contributed by atoms with Gasteiger partial charge in [-0.2, -0.15) is 0 Å². The molecule has 0 aromatic heterocycles. The van der Waals surface area contributed by atoms with Crippen LogP contribution in [0.2, 0.25) is 0 Å². The molecule has 0 spiro atoms. The molecule has 0 saturated carbocycles. The van der Waals surface area contributed by atoms with Crippen LogP contribution in [0.5, 0.6) is 0 Å². The van der Waals surface area contributed by atoms with Gasteiger partial charge in [0.05, 0.1) is 0 Å². The summed E-state index contributed by atoms with van der Waals surface area (Å²) in [5, 5.41) is 0. The zero-order valence-electron chi connectivity index (χ0n) is 52.6. The number of carbonyl (C=O) groups is 3. The summed E-state index contributed by atoms with van der Waals surface area (Å²) < 4.78 is 17.0. The summed E-state index contributed by atoms with van der Waals surface area (Å²) in [5.74, 6) is -0.861. The van der Waals surface area contributed by atoms with Crippen LogP contribution in [0.15, 0.2) is 72.9 Å². The molecule has 0 bridgehead atoms. The van der Waals surface area contributed by atoms with Crippen LogP contribution in [-0.4, -0.2) is 37.2 Å². The monoisotopic (exact) mass is 1100 g/mol. The number of hydrogen-bond donors (Lipinski definition) is 0. The molecule has 0 aromatic rings. The summed E-state index contributed by atoms with van der Waals surface area (Å²) in [5.41, 5.74) is 0. The molecule has 0 aliphatic rings. The maximum absolute atomic E-state index is 12.9. The van der Waals surface area contributed by atoms with Crippen LogP contribution in [0.25, 0.3) is 0 Å². The first-order valence-electron chi connectivity index (χ1n) is 34.4. The molecule has 0 aliphatic carbocycles. The second kappa shape index (κ2) is 67.4. The first-order chi connectivity index (χ1) is 39.0. The zero-order valence-corrected chi connectivity index (χ0v) is 52.6. The number of ether oxygens (including phenoxy) is 3. The van der Waals surface area contributed by atoms with Crippen LogP contribution in [0.1, 0.15) is 355 Å². The van der Waals surface area contributed by atoms with Gasteiger partial charge in [-0.25, -0.2) is 0 Å². The summed E-state index contributed by atoms with van der Waals surface area (Å²) in [6, 6.07) is 0. The van der Waals surface area contributed by atoms with Crippen LogP contribution < -0.4 is 0 Å². The molecule has 0 aliphatic heterocycles. The minimum atomic E-state index is -0.776. The molecule has 1 atom stereocenters. The second-order valence-electron chi connectivity index (χ2n) is 23.1. The Kier molecular flexibility index (Phi) is 64.7. The minimum Gasteiger partial charge on any atom is -0.462 e. The van der Waals surface area contributed by atoms with E-state index in [1.807, 2.05) is 0 Å². The first kappa shape index (κ1) is 75.8. The maximum atomic E-state index is 12.9.